The van der Waals surface area contributed by atoms with E-state index in [1.165, 1.54) is 24.3 Å². The molecule has 2 bridgehead atoms. The molecule has 2 heterocycles. The number of carboxylic acids is 1. The largest absolute Gasteiger partial charge is 0.479 e. The molecule has 224 valence electrons. The van der Waals surface area contributed by atoms with E-state index in [-0.39, 0.29) is 28.5 Å². The Kier molecular flexibility index (Phi) is 8.07. The topological polar surface area (TPSA) is 144 Å². The minimum atomic E-state index is -4.68. The molecule has 10 nitrogen and oxygen atoms in total. The van der Waals surface area contributed by atoms with Gasteiger partial charge in [0.05, 0.1) is 0 Å². The number of alkyl halides is 4. The predicted octanol–water partition coefficient (Wildman–Crippen LogP) is 2.84. The Labute approximate surface area is 232 Å². The Morgan fingerprint density at radius 3 is 2.48 bits per heavy atom. The van der Waals surface area contributed by atoms with E-state index < -0.39 is 60.8 Å². The van der Waals surface area contributed by atoms with Crippen LogP contribution < -0.4 is 4.74 Å². The Hall–Kier alpha value is -1.71. The fraction of sp³-hybridized carbons (Fsp3) is 0.731. The first-order chi connectivity index (χ1) is 18.8. The number of aliphatic hydroxyl groups is 3. The molecule has 1 aromatic rings. The van der Waals surface area contributed by atoms with Crippen LogP contribution in [-0.4, -0.2) is 80.9 Å². The molecule has 11 atom stereocenters. The zero-order valence-corrected chi connectivity index (χ0v) is 22.3. The van der Waals surface area contributed by atoms with Gasteiger partial charge in [-0.25, -0.2) is 9.68 Å². The average molecular weight is 597 g/mol. The third-order valence-electron chi connectivity index (χ3n) is 8.60. The van der Waals surface area contributed by atoms with Gasteiger partial charge in [0.25, 0.3) is 5.79 Å². The molecule has 2 aliphatic heterocycles. The molecule has 14 heteroatoms. The van der Waals surface area contributed by atoms with Gasteiger partial charge in [0.1, 0.15) is 30.7 Å². The van der Waals surface area contributed by atoms with E-state index in [0.717, 1.165) is 6.42 Å². The van der Waals surface area contributed by atoms with Crippen molar-refractivity contribution in [3.63, 3.8) is 0 Å². The highest BCUT2D eigenvalue weighted by molar-refractivity contribution is 6.20. The predicted molar refractivity (Wildman–Crippen MR) is 129 cm³/mol. The molecule has 4 fully saturated rings. The first-order valence-corrected chi connectivity index (χ1v) is 13.7. The number of halogens is 4. The van der Waals surface area contributed by atoms with Crippen molar-refractivity contribution in [1.82, 2.24) is 0 Å². The standard InChI is InChI=1S/C26H32ClF3O10/c1-2-13-6-12-7-15(9-16(27)8-12)25(13)26(40-39-25,36-11-24(28,29)30)14-4-3-5-17(10-14)37-23-20(33)18(31)19(32)21(38-23)22(34)35/h3-5,10,12-13,15-16,18-21,23,31-33H,2,6-9,11H2,1H3,(H,34,35)/t12?,13?,15?,16?,18-,19-,20+,21-,23+,25?,26?/m0/s1. The van der Waals surface area contributed by atoms with Crippen molar-refractivity contribution in [2.24, 2.45) is 17.8 Å². The zero-order chi connectivity index (χ0) is 29.0. The fourth-order valence-corrected chi connectivity index (χ4v) is 7.37. The van der Waals surface area contributed by atoms with Crippen molar-refractivity contribution >= 4 is 17.6 Å². The normalized spacial score (nSPS) is 43.2. The number of benzene rings is 1. The van der Waals surface area contributed by atoms with Crippen molar-refractivity contribution < 1.29 is 62.4 Å². The summed E-state index contributed by atoms with van der Waals surface area (Å²) in [6, 6.07) is 5.71. The van der Waals surface area contributed by atoms with Gasteiger partial charge in [-0.05, 0) is 55.6 Å². The SMILES string of the molecule is CCC1CC2CC(Cl)CC(C2)C12OOC2(OCC(F)(F)F)c1cccc(O[C@@H]2O[C@H](C(=O)O)[C@@H](O)[C@H](O)[C@H]2O)c1. The molecule has 1 aromatic carbocycles. The van der Waals surface area contributed by atoms with Gasteiger partial charge >= 0.3 is 12.1 Å². The van der Waals surface area contributed by atoms with Crippen LogP contribution in [0.1, 0.15) is 44.6 Å². The van der Waals surface area contributed by atoms with Crippen LogP contribution >= 0.6 is 11.6 Å². The highest BCUT2D eigenvalue weighted by atomic mass is 35.5. The van der Waals surface area contributed by atoms with Crippen molar-refractivity contribution in [3.8, 4) is 5.75 Å². The second-order valence-electron chi connectivity index (χ2n) is 11.1. The van der Waals surface area contributed by atoms with Gasteiger partial charge in [0.15, 0.2) is 11.7 Å². The Morgan fingerprint density at radius 1 is 1.10 bits per heavy atom. The van der Waals surface area contributed by atoms with Crippen LogP contribution in [0.2, 0.25) is 0 Å². The van der Waals surface area contributed by atoms with E-state index in [1.807, 2.05) is 6.92 Å². The molecule has 0 amide bonds. The lowest BCUT2D eigenvalue weighted by molar-refractivity contribution is -0.646. The molecular formula is C26H32ClF3O10. The van der Waals surface area contributed by atoms with E-state index in [2.05, 4.69) is 0 Å². The van der Waals surface area contributed by atoms with E-state index in [4.69, 9.17) is 35.6 Å². The fourth-order valence-electron chi connectivity index (χ4n) is 6.91. The Balaban J connectivity index is 1.51. The average Bonchev–Trinajstić information content (AvgIpc) is 2.87. The van der Waals surface area contributed by atoms with E-state index in [1.54, 1.807) is 0 Å². The van der Waals surface area contributed by atoms with Crippen LogP contribution in [-0.2, 0) is 29.8 Å². The summed E-state index contributed by atoms with van der Waals surface area (Å²) in [5.41, 5.74) is -1.12. The molecule has 0 aromatic heterocycles. The van der Waals surface area contributed by atoms with Crippen molar-refractivity contribution in [3.05, 3.63) is 29.8 Å². The van der Waals surface area contributed by atoms with Crippen LogP contribution in [0.25, 0.3) is 0 Å². The van der Waals surface area contributed by atoms with E-state index in [0.29, 0.717) is 31.6 Å². The summed E-state index contributed by atoms with van der Waals surface area (Å²) in [7, 11) is 0. The van der Waals surface area contributed by atoms with E-state index >= 15 is 0 Å². The van der Waals surface area contributed by atoms with Gasteiger partial charge in [0.2, 0.25) is 6.29 Å². The van der Waals surface area contributed by atoms with Crippen LogP contribution in [0, 0.1) is 17.8 Å². The lowest BCUT2D eigenvalue weighted by Crippen LogP contribution is -2.75. The molecule has 4 aliphatic rings. The Morgan fingerprint density at radius 2 is 1.85 bits per heavy atom. The number of hydrogen-bond acceptors (Lipinski definition) is 9. The number of hydrogen-bond donors (Lipinski definition) is 4. The van der Waals surface area contributed by atoms with Crippen LogP contribution in [0.3, 0.4) is 0 Å². The second kappa shape index (κ2) is 10.8. The van der Waals surface area contributed by atoms with E-state index in [9.17, 15) is 38.4 Å². The van der Waals surface area contributed by atoms with Gasteiger partial charge in [0, 0.05) is 10.9 Å². The third-order valence-corrected chi connectivity index (χ3v) is 8.96. The number of carboxylic acid groups (broad SMARTS) is 1. The molecule has 5 rings (SSSR count). The van der Waals surface area contributed by atoms with Crippen molar-refractivity contribution in [1.29, 1.82) is 0 Å². The summed E-state index contributed by atoms with van der Waals surface area (Å²) in [4.78, 5) is 22.8. The maximum absolute atomic E-state index is 13.5. The number of aliphatic hydroxyl groups excluding tert-OH is 3. The van der Waals surface area contributed by atoms with Gasteiger partial charge < -0.3 is 34.6 Å². The zero-order valence-electron chi connectivity index (χ0n) is 21.5. The summed E-state index contributed by atoms with van der Waals surface area (Å²) >= 11 is 6.56. The summed E-state index contributed by atoms with van der Waals surface area (Å²) in [6.45, 7) is 0.316. The van der Waals surface area contributed by atoms with Crippen molar-refractivity contribution in [2.45, 2.75) is 92.7 Å². The number of fused-ring (bicyclic) bond motifs is 3. The minimum Gasteiger partial charge on any atom is -0.479 e. The molecule has 0 radical (unpaired) electrons. The number of rotatable bonds is 7. The van der Waals surface area contributed by atoms with Gasteiger partial charge in [-0.15, -0.1) is 11.6 Å². The van der Waals surface area contributed by atoms with Crippen LogP contribution in [0.4, 0.5) is 13.2 Å². The summed E-state index contributed by atoms with van der Waals surface area (Å²) in [5.74, 6) is -3.77. The van der Waals surface area contributed by atoms with Gasteiger partial charge in [-0.3, -0.25) is 0 Å². The molecule has 4 N–H and O–H groups in total. The highest BCUT2D eigenvalue weighted by Gasteiger charge is 2.75. The minimum absolute atomic E-state index is 0.0458. The lowest BCUT2D eigenvalue weighted by Gasteiger charge is -2.65. The van der Waals surface area contributed by atoms with Crippen molar-refractivity contribution in [2.75, 3.05) is 6.61 Å². The molecule has 1 spiro atoms. The highest BCUT2D eigenvalue weighted by Crippen LogP contribution is 2.65. The molecular weight excluding hydrogens is 565 g/mol. The smallest absolute Gasteiger partial charge is 0.411 e. The van der Waals surface area contributed by atoms with Gasteiger partial charge in [-0.1, -0.05) is 25.5 Å². The molecule has 40 heavy (non-hydrogen) atoms. The quantitative estimate of drug-likeness (QED) is 0.274. The third kappa shape index (κ3) is 4.98. The first-order valence-electron chi connectivity index (χ1n) is 13.2. The molecule has 6 unspecified atom stereocenters. The summed E-state index contributed by atoms with van der Waals surface area (Å²) in [5, 5.41) is 39.5. The number of carbonyl (C=O) groups is 1. The van der Waals surface area contributed by atoms with Crippen LogP contribution in [0.5, 0.6) is 5.75 Å². The maximum Gasteiger partial charge on any atom is 0.411 e. The maximum atomic E-state index is 13.5. The molecule has 2 saturated heterocycles. The second-order valence-corrected chi connectivity index (χ2v) is 11.7. The monoisotopic (exact) mass is 596 g/mol. The summed E-state index contributed by atoms with van der Waals surface area (Å²) in [6.07, 6.45) is -10.7. The van der Waals surface area contributed by atoms with Crippen LogP contribution in [0.15, 0.2) is 24.3 Å². The number of ether oxygens (including phenoxy) is 3. The first kappa shape index (κ1) is 29.8. The number of aliphatic carboxylic acids is 1. The summed E-state index contributed by atoms with van der Waals surface area (Å²) < 4.78 is 57.0. The molecule has 2 aliphatic carbocycles. The lowest BCUT2D eigenvalue weighted by atomic mass is 9.54. The Bertz CT molecular complexity index is 1090. The molecule has 2 saturated carbocycles. The van der Waals surface area contributed by atoms with Gasteiger partial charge in [-0.2, -0.15) is 18.1 Å².